The molecule has 1 unspecified atom stereocenters. The van der Waals surface area contributed by atoms with Crippen molar-refractivity contribution in [1.29, 1.82) is 0 Å². The van der Waals surface area contributed by atoms with Gasteiger partial charge < -0.3 is 15.0 Å². The van der Waals surface area contributed by atoms with E-state index in [1.807, 2.05) is 32.9 Å². The van der Waals surface area contributed by atoms with Crippen LogP contribution in [0.25, 0.3) is 0 Å². The van der Waals surface area contributed by atoms with E-state index in [4.69, 9.17) is 4.74 Å². The van der Waals surface area contributed by atoms with Gasteiger partial charge in [0.1, 0.15) is 11.4 Å². The largest absolute Gasteiger partial charge is 0.444 e. The van der Waals surface area contributed by atoms with Crippen LogP contribution in [0.4, 0.5) is 10.6 Å². The molecule has 1 aromatic heterocycles. The van der Waals surface area contributed by atoms with Gasteiger partial charge >= 0.3 is 6.09 Å². The number of pyridine rings is 1. The second-order valence-electron chi connectivity index (χ2n) is 6.27. The lowest BCUT2D eigenvalue weighted by Gasteiger charge is -2.34. The van der Waals surface area contributed by atoms with Gasteiger partial charge in [-0.1, -0.05) is 0 Å². The van der Waals surface area contributed by atoms with Crippen LogP contribution in [-0.2, 0) is 4.74 Å². The van der Waals surface area contributed by atoms with Gasteiger partial charge in [0.25, 0.3) is 0 Å². The molecule has 5 nitrogen and oxygen atoms in total. The van der Waals surface area contributed by atoms with Crippen LogP contribution in [0.15, 0.2) is 22.8 Å². The second kappa shape index (κ2) is 6.64. The summed E-state index contributed by atoms with van der Waals surface area (Å²) in [5, 5.41) is 3.37. The van der Waals surface area contributed by atoms with Gasteiger partial charge in [-0.15, -0.1) is 0 Å². The smallest absolute Gasteiger partial charge is 0.410 e. The third kappa shape index (κ3) is 5.19. The van der Waals surface area contributed by atoms with E-state index in [2.05, 4.69) is 26.2 Å². The number of piperidine rings is 1. The summed E-state index contributed by atoms with van der Waals surface area (Å²) in [6.07, 6.45) is 3.51. The van der Waals surface area contributed by atoms with Gasteiger partial charge in [0.15, 0.2) is 0 Å². The fourth-order valence-electron chi connectivity index (χ4n) is 2.26. The van der Waals surface area contributed by atoms with Gasteiger partial charge in [0.2, 0.25) is 0 Å². The number of carbonyl (C=O) groups is 1. The summed E-state index contributed by atoms with van der Waals surface area (Å²) in [6, 6.07) is 4.08. The minimum atomic E-state index is -0.454. The Morgan fingerprint density at radius 2 is 2.24 bits per heavy atom. The van der Waals surface area contributed by atoms with Gasteiger partial charge in [-0.3, -0.25) is 0 Å². The number of likely N-dealkylation sites (tertiary alicyclic amines) is 1. The third-order valence-corrected chi connectivity index (χ3v) is 3.62. The minimum Gasteiger partial charge on any atom is -0.444 e. The number of hydrogen-bond donors (Lipinski definition) is 1. The van der Waals surface area contributed by atoms with Gasteiger partial charge in [0, 0.05) is 29.8 Å². The van der Waals surface area contributed by atoms with Crippen molar-refractivity contribution < 1.29 is 9.53 Å². The van der Waals surface area contributed by atoms with Crippen LogP contribution in [0, 0.1) is 0 Å². The van der Waals surface area contributed by atoms with Crippen LogP contribution < -0.4 is 5.32 Å². The number of amides is 1. The lowest BCUT2D eigenvalue weighted by atomic mass is 10.1. The average molecular weight is 356 g/mol. The van der Waals surface area contributed by atoms with Gasteiger partial charge in [-0.25, -0.2) is 9.78 Å². The Morgan fingerprint density at radius 1 is 1.48 bits per heavy atom. The zero-order valence-corrected chi connectivity index (χ0v) is 14.3. The van der Waals surface area contributed by atoms with Crippen molar-refractivity contribution in [2.75, 3.05) is 18.4 Å². The number of aromatic nitrogens is 1. The Bertz CT molecular complexity index is 485. The van der Waals surface area contributed by atoms with E-state index < -0.39 is 5.60 Å². The van der Waals surface area contributed by atoms with E-state index in [9.17, 15) is 4.79 Å². The first-order valence-corrected chi connectivity index (χ1v) is 7.99. The van der Waals surface area contributed by atoms with Crippen LogP contribution in [0.5, 0.6) is 0 Å². The maximum Gasteiger partial charge on any atom is 0.410 e. The molecule has 0 bridgehead atoms. The van der Waals surface area contributed by atoms with Crippen molar-refractivity contribution in [1.82, 2.24) is 9.88 Å². The van der Waals surface area contributed by atoms with Crippen molar-refractivity contribution in [3.63, 3.8) is 0 Å². The number of nitrogens with one attached hydrogen (secondary N) is 1. The van der Waals surface area contributed by atoms with E-state index in [0.29, 0.717) is 6.54 Å². The fourth-order valence-corrected chi connectivity index (χ4v) is 2.49. The SMILES string of the molecule is CC(C)(C)OC(=O)N1CCCC(Nc2ccc(Br)cn2)C1. The first-order chi connectivity index (χ1) is 9.83. The lowest BCUT2D eigenvalue weighted by molar-refractivity contribution is 0.0206. The van der Waals surface area contributed by atoms with Crippen molar-refractivity contribution in [3.8, 4) is 0 Å². The topological polar surface area (TPSA) is 54.5 Å². The highest BCUT2D eigenvalue weighted by Gasteiger charge is 2.27. The maximum atomic E-state index is 12.1. The molecule has 0 aromatic carbocycles. The highest BCUT2D eigenvalue weighted by Crippen LogP contribution is 2.18. The van der Waals surface area contributed by atoms with Crippen molar-refractivity contribution >= 4 is 27.8 Å². The first-order valence-electron chi connectivity index (χ1n) is 7.19. The number of nitrogens with zero attached hydrogens (tertiary/aromatic N) is 2. The quantitative estimate of drug-likeness (QED) is 0.879. The van der Waals surface area contributed by atoms with Crippen LogP contribution in [0.3, 0.4) is 0 Å². The minimum absolute atomic E-state index is 0.208. The summed E-state index contributed by atoms with van der Waals surface area (Å²) >= 11 is 3.37. The summed E-state index contributed by atoms with van der Waals surface area (Å²) in [5.74, 6) is 0.828. The standard InChI is InChI=1S/C15H22BrN3O2/c1-15(2,3)21-14(20)19-8-4-5-12(10-19)18-13-7-6-11(16)9-17-13/h6-7,9,12H,4-5,8,10H2,1-3H3,(H,17,18). The van der Waals surface area contributed by atoms with E-state index in [1.165, 1.54) is 0 Å². The molecule has 1 aliphatic rings. The molecule has 0 aliphatic carbocycles. The molecule has 116 valence electrons. The van der Waals surface area contributed by atoms with E-state index in [1.54, 1.807) is 11.1 Å². The van der Waals surface area contributed by atoms with E-state index in [0.717, 1.165) is 29.7 Å². The number of hydrogen-bond acceptors (Lipinski definition) is 4. The predicted octanol–water partition coefficient (Wildman–Crippen LogP) is 3.66. The molecule has 2 rings (SSSR count). The number of carbonyl (C=O) groups excluding carboxylic acids is 1. The molecule has 6 heteroatoms. The first kappa shape index (κ1) is 16.1. The van der Waals surface area contributed by atoms with Crippen LogP contribution >= 0.6 is 15.9 Å². The number of halogens is 1. The molecular weight excluding hydrogens is 334 g/mol. The van der Waals surface area contributed by atoms with Crippen molar-refractivity contribution in [2.45, 2.75) is 45.3 Å². The molecular formula is C15H22BrN3O2. The zero-order valence-electron chi connectivity index (χ0n) is 12.7. The Balaban J connectivity index is 1.91. The van der Waals surface area contributed by atoms with Gasteiger partial charge in [0.05, 0.1) is 0 Å². The van der Waals surface area contributed by atoms with E-state index in [-0.39, 0.29) is 12.1 Å². The van der Waals surface area contributed by atoms with Crippen molar-refractivity contribution in [2.24, 2.45) is 0 Å². The molecule has 0 radical (unpaired) electrons. The Labute approximate surface area is 134 Å². The monoisotopic (exact) mass is 355 g/mol. The fraction of sp³-hybridized carbons (Fsp3) is 0.600. The molecule has 1 N–H and O–H groups in total. The molecule has 0 saturated carbocycles. The number of ether oxygens (including phenoxy) is 1. The van der Waals surface area contributed by atoms with Crippen LogP contribution in [0.2, 0.25) is 0 Å². The highest BCUT2D eigenvalue weighted by atomic mass is 79.9. The zero-order chi connectivity index (χ0) is 15.5. The van der Waals surface area contributed by atoms with Crippen LogP contribution in [-0.4, -0.2) is 40.7 Å². The Kier molecular flexibility index (Phi) is 5.08. The Hall–Kier alpha value is -1.30. The van der Waals surface area contributed by atoms with Crippen LogP contribution in [0.1, 0.15) is 33.6 Å². The molecule has 1 atom stereocenters. The van der Waals surface area contributed by atoms with E-state index >= 15 is 0 Å². The summed E-state index contributed by atoms with van der Waals surface area (Å²) < 4.78 is 6.38. The number of rotatable bonds is 2. The van der Waals surface area contributed by atoms with Gasteiger partial charge in [-0.05, 0) is 61.7 Å². The van der Waals surface area contributed by atoms with Gasteiger partial charge in [-0.2, -0.15) is 0 Å². The third-order valence-electron chi connectivity index (χ3n) is 3.15. The second-order valence-corrected chi connectivity index (χ2v) is 7.19. The number of anilines is 1. The Morgan fingerprint density at radius 3 is 2.86 bits per heavy atom. The lowest BCUT2D eigenvalue weighted by Crippen LogP contribution is -2.47. The molecule has 2 heterocycles. The molecule has 0 spiro atoms. The summed E-state index contributed by atoms with van der Waals surface area (Å²) in [5.41, 5.74) is -0.454. The maximum absolute atomic E-state index is 12.1. The molecule has 1 saturated heterocycles. The summed E-state index contributed by atoms with van der Waals surface area (Å²) in [7, 11) is 0. The molecule has 21 heavy (non-hydrogen) atoms. The molecule has 1 fully saturated rings. The average Bonchev–Trinajstić information content (AvgIpc) is 2.40. The summed E-state index contributed by atoms with van der Waals surface area (Å²) in [4.78, 5) is 18.2. The highest BCUT2D eigenvalue weighted by molar-refractivity contribution is 9.10. The molecule has 1 amide bonds. The molecule has 1 aliphatic heterocycles. The normalized spacial score (nSPS) is 19.2. The molecule has 1 aromatic rings. The van der Waals surface area contributed by atoms with Crippen molar-refractivity contribution in [3.05, 3.63) is 22.8 Å². The predicted molar refractivity (Wildman–Crippen MR) is 86.4 cm³/mol. The summed E-state index contributed by atoms with van der Waals surface area (Å²) in [6.45, 7) is 7.05.